The van der Waals surface area contributed by atoms with Crippen LogP contribution in [-0.4, -0.2) is 18.3 Å². The Morgan fingerprint density at radius 2 is 1.42 bits per heavy atom. The Balaban J connectivity index is 1.50. The fourth-order valence-corrected chi connectivity index (χ4v) is 3.37. The molecule has 26 heavy (non-hydrogen) atoms. The predicted octanol–water partition coefficient (Wildman–Crippen LogP) is 4.75. The molecule has 4 rings (SSSR count). The van der Waals surface area contributed by atoms with E-state index in [-0.39, 0.29) is 18.3 Å². The van der Waals surface area contributed by atoms with Gasteiger partial charge in [-0.25, -0.2) is 0 Å². The number of hydrogen-bond donors (Lipinski definition) is 0. The van der Waals surface area contributed by atoms with Gasteiger partial charge in [-0.1, -0.05) is 66.8 Å². The lowest BCUT2D eigenvalue weighted by Crippen LogP contribution is -2.41. The molecule has 1 aliphatic heterocycles. The highest BCUT2D eigenvalue weighted by atomic mass is 16.7. The van der Waals surface area contributed by atoms with Gasteiger partial charge in [-0.15, -0.1) is 0 Å². The zero-order valence-corrected chi connectivity index (χ0v) is 16.0. The van der Waals surface area contributed by atoms with Gasteiger partial charge in [0.1, 0.15) is 0 Å². The van der Waals surface area contributed by atoms with E-state index in [1.54, 1.807) is 0 Å². The van der Waals surface area contributed by atoms with Gasteiger partial charge in [0, 0.05) is 0 Å². The number of rotatable bonds is 2. The lowest BCUT2D eigenvalue weighted by molar-refractivity contribution is 0.00578. The largest absolute Gasteiger partial charge is 0.494 e. The molecule has 0 N–H and O–H groups in total. The van der Waals surface area contributed by atoms with E-state index in [1.165, 1.54) is 22.3 Å². The van der Waals surface area contributed by atoms with Crippen LogP contribution in [0.25, 0.3) is 5.57 Å². The van der Waals surface area contributed by atoms with Crippen molar-refractivity contribution in [2.24, 2.45) is 0 Å². The minimum atomic E-state index is -0.308. The highest BCUT2D eigenvalue weighted by molar-refractivity contribution is 6.62. The maximum atomic E-state index is 6.14. The SMILES string of the molecule is CC1(C)OB(c2ccc(C3=CCC(=C4C=CC=C4)C=C3)cc2)OC1(C)C. The summed E-state index contributed by atoms with van der Waals surface area (Å²) < 4.78 is 12.3. The molecule has 1 aromatic rings. The van der Waals surface area contributed by atoms with Crippen LogP contribution in [0.5, 0.6) is 0 Å². The molecule has 2 nitrogen and oxygen atoms in total. The van der Waals surface area contributed by atoms with Gasteiger partial charge in [0.15, 0.2) is 0 Å². The predicted molar refractivity (Wildman–Crippen MR) is 109 cm³/mol. The highest BCUT2D eigenvalue weighted by Gasteiger charge is 2.51. The van der Waals surface area contributed by atoms with Gasteiger partial charge in [0.05, 0.1) is 11.2 Å². The first-order valence-electron chi connectivity index (χ1n) is 9.28. The molecule has 0 unspecified atom stereocenters. The Bertz CT molecular complexity index is 834. The Kier molecular flexibility index (Phi) is 4.17. The second-order valence-corrected chi connectivity index (χ2v) is 8.11. The topological polar surface area (TPSA) is 18.5 Å². The summed E-state index contributed by atoms with van der Waals surface area (Å²) >= 11 is 0. The second kappa shape index (κ2) is 6.26. The van der Waals surface area contributed by atoms with Crippen LogP contribution in [0.4, 0.5) is 0 Å². The van der Waals surface area contributed by atoms with Crippen molar-refractivity contribution < 1.29 is 9.31 Å². The van der Waals surface area contributed by atoms with Gasteiger partial charge in [0.25, 0.3) is 0 Å². The summed E-state index contributed by atoms with van der Waals surface area (Å²) in [6.07, 6.45) is 16.2. The zero-order chi connectivity index (χ0) is 18.4. The Morgan fingerprint density at radius 3 is 1.96 bits per heavy atom. The summed E-state index contributed by atoms with van der Waals surface area (Å²) in [7, 11) is -0.304. The van der Waals surface area contributed by atoms with Gasteiger partial charge in [-0.2, -0.15) is 0 Å². The van der Waals surface area contributed by atoms with Crippen molar-refractivity contribution in [3.8, 4) is 0 Å². The molecule has 0 bridgehead atoms. The Morgan fingerprint density at radius 1 is 0.808 bits per heavy atom. The van der Waals surface area contributed by atoms with Gasteiger partial charge in [-0.05, 0) is 61.9 Å². The average molecular weight is 344 g/mol. The first-order valence-corrected chi connectivity index (χ1v) is 9.28. The standard InChI is InChI=1S/C23H25BO2/c1-22(2)23(3,4)26-24(25-22)21-15-13-20(14-16-21)19-11-9-18(10-12-19)17-7-5-6-8-17/h5-9,11-16H,10H2,1-4H3. The van der Waals surface area contributed by atoms with Crippen LogP contribution in [0.15, 0.2) is 77.9 Å². The van der Waals surface area contributed by atoms with Gasteiger partial charge < -0.3 is 9.31 Å². The average Bonchev–Trinajstić information content (AvgIpc) is 3.22. The molecule has 1 fully saturated rings. The van der Waals surface area contributed by atoms with E-state index in [1.807, 2.05) is 0 Å². The molecule has 0 radical (unpaired) electrons. The molecule has 0 spiro atoms. The van der Waals surface area contributed by atoms with Crippen molar-refractivity contribution in [2.75, 3.05) is 0 Å². The fourth-order valence-electron chi connectivity index (χ4n) is 3.37. The van der Waals surface area contributed by atoms with Crippen molar-refractivity contribution in [1.29, 1.82) is 0 Å². The minimum absolute atomic E-state index is 0.304. The van der Waals surface area contributed by atoms with Crippen LogP contribution in [0.2, 0.25) is 0 Å². The normalized spacial score (nSPS) is 23.1. The molecular formula is C23H25BO2. The molecule has 1 saturated heterocycles. The summed E-state index contributed by atoms with van der Waals surface area (Å²) in [6, 6.07) is 8.54. The van der Waals surface area contributed by atoms with Crippen LogP contribution in [0.3, 0.4) is 0 Å². The van der Waals surface area contributed by atoms with Crippen molar-refractivity contribution in [2.45, 2.75) is 45.3 Å². The summed E-state index contributed by atoms with van der Waals surface area (Å²) in [4.78, 5) is 0. The number of benzene rings is 1. The third-order valence-electron chi connectivity index (χ3n) is 5.81. The minimum Gasteiger partial charge on any atom is -0.399 e. The molecular weight excluding hydrogens is 319 g/mol. The highest BCUT2D eigenvalue weighted by Crippen LogP contribution is 2.36. The molecule has 0 saturated carbocycles. The third kappa shape index (κ3) is 3.06. The van der Waals surface area contributed by atoms with E-state index in [0.717, 1.165) is 11.9 Å². The molecule has 0 atom stereocenters. The molecule has 1 aromatic carbocycles. The van der Waals surface area contributed by atoms with E-state index in [9.17, 15) is 0 Å². The van der Waals surface area contributed by atoms with E-state index < -0.39 is 0 Å². The summed E-state index contributed by atoms with van der Waals surface area (Å²) in [5.74, 6) is 0. The van der Waals surface area contributed by atoms with E-state index >= 15 is 0 Å². The summed E-state index contributed by atoms with van der Waals surface area (Å²) in [6.45, 7) is 8.33. The van der Waals surface area contributed by atoms with E-state index in [4.69, 9.17) is 9.31 Å². The second-order valence-electron chi connectivity index (χ2n) is 8.11. The van der Waals surface area contributed by atoms with Crippen LogP contribution in [-0.2, 0) is 9.31 Å². The third-order valence-corrected chi connectivity index (χ3v) is 5.81. The molecule has 3 heteroatoms. The van der Waals surface area contributed by atoms with Crippen molar-refractivity contribution >= 4 is 18.2 Å². The quantitative estimate of drug-likeness (QED) is 0.721. The molecule has 2 aliphatic carbocycles. The van der Waals surface area contributed by atoms with Crippen LogP contribution >= 0.6 is 0 Å². The van der Waals surface area contributed by atoms with Crippen LogP contribution in [0.1, 0.15) is 39.7 Å². The van der Waals surface area contributed by atoms with Gasteiger partial charge in [0.2, 0.25) is 0 Å². The molecule has 1 heterocycles. The molecule has 0 amide bonds. The van der Waals surface area contributed by atoms with E-state index in [0.29, 0.717) is 0 Å². The molecule has 0 aromatic heterocycles. The van der Waals surface area contributed by atoms with Crippen LogP contribution < -0.4 is 5.46 Å². The van der Waals surface area contributed by atoms with Crippen molar-refractivity contribution in [3.05, 3.63) is 83.5 Å². The van der Waals surface area contributed by atoms with Gasteiger partial charge >= 0.3 is 7.12 Å². The number of hydrogen-bond acceptors (Lipinski definition) is 2. The lowest BCUT2D eigenvalue weighted by Gasteiger charge is -2.32. The number of allylic oxidation sites excluding steroid dienone is 10. The first-order chi connectivity index (χ1) is 12.4. The molecule has 3 aliphatic rings. The van der Waals surface area contributed by atoms with E-state index in [2.05, 4.69) is 94.5 Å². The molecule has 132 valence electrons. The maximum absolute atomic E-state index is 6.14. The van der Waals surface area contributed by atoms with Crippen LogP contribution in [0, 0.1) is 0 Å². The lowest BCUT2D eigenvalue weighted by atomic mass is 9.78. The smallest absolute Gasteiger partial charge is 0.399 e. The van der Waals surface area contributed by atoms with Gasteiger partial charge in [-0.3, -0.25) is 0 Å². The van der Waals surface area contributed by atoms with Crippen molar-refractivity contribution in [3.63, 3.8) is 0 Å². The first kappa shape index (κ1) is 17.3. The monoisotopic (exact) mass is 344 g/mol. The Hall–Kier alpha value is -2.10. The maximum Gasteiger partial charge on any atom is 0.494 e. The van der Waals surface area contributed by atoms with Crippen molar-refractivity contribution in [1.82, 2.24) is 0 Å². The zero-order valence-electron chi connectivity index (χ0n) is 16.0. The summed E-state index contributed by atoms with van der Waals surface area (Å²) in [5.41, 5.74) is 5.62. The Labute approximate surface area is 156 Å². The fraction of sp³-hybridized carbons (Fsp3) is 0.304. The summed E-state index contributed by atoms with van der Waals surface area (Å²) in [5, 5.41) is 0.